The van der Waals surface area contributed by atoms with Gasteiger partial charge in [0, 0.05) is 17.5 Å². The number of hydrazone groups is 1. The van der Waals surface area contributed by atoms with E-state index in [0.29, 0.717) is 5.01 Å². The molecule has 1 aliphatic heterocycles. The molecule has 5 aromatic carbocycles. The minimum absolute atomic E-state index is 0.0782. The van der Waals surface area contributed by atoms with E-state index < -0.39 is 93.3 Å². The molecule has 0 saturated carbocycles. The average Bonchev–Trinajstić information content (AvgIpc) is 3.60. The van der Waals surface area contributed by atoms with Gasteiger partial charge in [0.05, 0.1) is 42.3 Å². The van der Waals surface area contributed by atoms with Gasteiger partial charge in [-0.1, -0.05) is 0 Å². The number of hydrogen-bond acceptors (Lipinski definition) is 21. The highest BCUT2D eigenvalue weighted by molar-refractivity contribution is 7.86. The Hall–Kier alpha value is -7.38. The van der Waals surface area contributed by atoms with Gasteiger partial charge in [-0.25, -0.2) is 4.79 Å². The normalized spacial score (nSPS) is 14.8. The van der Waals surface area contributed by atoms with Crippen molar-refractivity contribution in [3.63, 3.8) is 0 Å². The Kier molecular flexibility index (Phi) is 14.1. The van der Waals surface area contributed by atoms with Gasteiger partial charge >= 0.3 is 5.97 Å². The number of nitrogens with zero attached hydrogens (tertiary/aromatic N) is 8. The topological polar surface area (TPSA) is 396 Å². The summed E-state index contributed by atoms with van der Waals surface area (Å²) >= 11 is 0. The van der Waals surface area contributed by atoms with Gasteiger partial charge in [-0.3, -0.25) is 18.5 Å². The van der Waals surface area contributed by atoms with Gasteiger partial charge < -0.3 is 34.6 Å². The molecule has 0 radical (unpaired) electrons. The SMILES string of the molecule is COc1ccc(N=Nc2cc(OCCO)c(N=Nc3c(S(=O)(=O)O)cc4cc(N=NC5C(=O)N(c6ccc(S(=O)(=O)O)cc6)N=C5C(=O)O)ccc4c3O)cc2OCCO)cc1S(=O)(=O)O. The highest BCUT2D eigenvalue weighted by Gasteiger charge is 2.41. The molecule has 0 fully saturated rings. The zero-order chi connectivity index (χ0) is 48.1. The highest BCUT2D eigenvalue weighted by Crippen LogP contribution is 2.45. The molecule has 6 rings (SSSR count). The van der Waals surface area contributed by atoms with E-state index >= 15 is 0 Å². The second-order valence-electron chi connectivity index (χ2n) is 13.1. The number of benzene rings is 5. The lowest BCUT2D eigenvalue weighted by atomic mass is 10.1. The highest BCUT2D eigenvalue weighted by atomic mass is 32.2. The van der Waals surface area contributed by atoms with E-state index in [1.807, 2.05) is 0 Å². The van der Waals surface area contributed by atoms with Gasteiger partial charge in [-0.05, 0) is 72.1 Å². The molecule has 0 spiro atoms. The van der Waals surface area contributed by atoms with Crippen molar-refractivity contribution in [1.82, 2.24) is 0 Å². The Morgan fingerprint density at radius 1 is 0.697 bits per heavy atom. The summed E-state index contributed by atoms with van der Waals surface area (Å²) in [4.78, 5) is 23.1. The van der Waals surface area contributed by atoms with Crippen molar-refractivity contribution < 1.29 is 83.1 Å². The minimum atomic E-state index is -5.21. The summed E-state index contributed by atoms with van der Waals surface area (Å²) in [6, 6.07) is 12.5. The van der Waals surface area contributed by atoms with E-state index in [1.165, 1.54) is 37.4 Å². The fourth-order valence-corrected chi connectivity index (χ4v) is 7.67. The zero-order valence-electron chi connectivity index (χ0n) is 33.3. The molecule has 66 heavy (non-hydrogen) atoms. The molecule has 1 aliphatic rings. The number of hydrogen-bond donors (Lipinski definition) is 7. The number of rotatable bonds is 18. The molecule has 0 aromatic heterocycles. The van der Waals surface area contributed by atoms with Crippen molar-refractivity contribution in [3.05, 3.63) is 78.9 Å². The summed E-state index contributed by atoms with van der Waals surface area (Å²) < 4.78 is 117. The number of carboxylic acid groups (broad SMARTS) is 1. The average molecular weight is 973 g/mol. The number of aliphatic hydroxyl groups is 2. The largest absolute Gasteiger partial charge is 0.505 e. The van der Waals surface area contributed by atoms with E-state index in [9.17, 15) is 68.9 Å². The van der Waals surface area contributed by atoms with Crippen molar-refractivity contribution in [3.8, 4) is 23.0 Å². The van der Waals surface area contributed by atoms with Crippen LogP contribution in [0.3, 0.4) is 0 Å². The van der Waals surface area contributed by atoms with Crippen LogP contribution in [0, 0.1) is 0 Å². The third-order valence-electron chi connectivity index (χ3n) is 8.80. The van der Waals surface area contributed by atoms with Crippen molar-refractivity contribution >= 4 is 92.8 Å². The molecule has 1 heterocycles. The van der Waals surface area contributed by atoms with Crippen LogP contribution in [0.1, 0.15) is 0 Å². The minimum Gasteiger partial charge on any atom is -0.505 e. The van der Waals surface area contributed by atoms with Crippen molar-refractivity contribution in [2.24, 2.45) is 35.8 Å². The van der Waals surface area contributed by atoms with Crippen LogP contribution < -0.4 is 19.2 Å². The van der Waals surface area contributed by atoms with Crippen LogP contribution in [0.5, 0.6) is 23.0 Å². The van der Waals surface area contributed by atoms with Gasteiger partial charge in [-0.2, -0.15) is 50.7 Å². The number of aliphatic carboxylic acids is 1. The number of aromatic hydroxyl groups is 1. The number of fused-ring (bicyclic) bond motifs is 1. The first-order chi connectivity index (χ1) is 31.1. The number of phenols is 1. The molecule has 1 atom stereocenters. The van der Waals surface area contributed by atoms with E-state index in [4.69, 9.17) is 14.2 Å². The van der Waals surface area contributed by atoms with E-state index in [0.717, 1.165) is 48.5 Å². The summed E-state index contributed by atoms with van der Waals surface area (Å²) in [6.07, 6.45) is 0. The van der Waals surface area contributed by atoms with E-state index in [-0.39, 0.29) is 69.7 Å². The van der Waals surface area contributed by atoms with Crippen LogP contribution in [-0.2, 0) is 39.9 Å². The quantitative estimate of drug-likeness (QED) is 0.0457. The first-order valence-electron chi connectivity index (χ1n) is 18.2. The molecule has 29 heteroatoms. The Morgan fingerprint density at radius 3 is 1.82 bits per heavy atom. The number of phenolic OH excluding ortho intramolecular Hbond substituents is 1. The molecule has 1 amide bonds. The molecule has 5 aromatic rings. The molecule has 1 unspecified atom stereocenters. The summed E-state index contributed by atoms with van der Waals surface area (Å²) in [6.45, 7) is -1.66. The van der Waals surface area contributed by atoms with Gasteiger partial charge in [0.2, 0.25) is 6.04 Å². The Labute approximate surface area is 371 Å². The number of carboxylic acids is 1. The number of methoxy groups -OCH3 is 1. The molecule has 346 valence electrons. The lowest BCUT2D eigenvalue weighted by Crippen LogP contribution is -2.33. The van der Waals surface area contributed by atoms with Gasteiger partial charge in [0.15, 0.2) is 11.5 Å². The lowest BCUT2D eigenvalue weighted by Gasteiger charge is -2.13. The number of anilines is 1. The molecular weight excluding hydrogens is 941 g/mol. The third kappa shape index (κ3) is 10.8. The Balaban J connectivity index is 1.35. The van der Waals surface area contributed by atoms with Crippen molar-refractivity contribution in [2.45, 2.75) is 20.7 Å². The third-order valence-corrected chi connectivity index (χ3v) is 11.4. The summed E-state index contributed by atoms with van der Waals surface area (Å²) in [5.74, 6) is -4.03. The number of ether oxygens (including phenoxy) is 3. The smallest absolute Gasteiger partial charge is 0.355 e. The predicted octanol–water partition coefficient (Wildman–Crippen LogP) is 4.81. The predicted molar refractivity (Wildman–Crippen MR) is 225 cm³/mol. The maximum absolute atomic E-state index is 13.2. The second-order valence-corrected chi connectivity index (χ2v) is 17.3. The second kappa shape index (κ2) is 19.4. The van der Waals surface area contributed by atoms with Gasteiger partial charge in [0.25, 0.3) is 36.3 Å². The maximum Gasteiger partial charge on any atom is 0.355 e. The maximum atomic E-state index is 13.2. The lowest BCUT2D eigenvalue weighted by molar-refractivity contribution is -0.130. The fraction of sp³-hybridized carbons (Fsp3) is 0.162. The fourth-order valence-electron chi connectivity index (χ4n) is 5.85. The zero-order valence-corrected chi connectivity index (χ0v) is 35.8. The molecule has 0 aliphatic carbocycles. The summed E-state index contributed by atoms with van der Waals surface area (Å²) in [7, 11) is -13.4. The number of azo groups is 3. The molecule has 26 nitrogen and oxygen atoms in total. The summed E-state index contributed by atoms with van der Waals surface area (Å²) in [5, 5.41) is 67.9. The number of aliphatic hydroxyl groups excluding tert-OH is 2. The number of carbonyl (C=O) groups excluding carboxylic acids is 1. The molecule has 7 N–H and O–H groups in total. The monoisotopic (exact) mass is 972 g/mol. The van der Waals surface area contributed by atoms with Crippen LogP contribution in [0.15, 0.2) is 129 Å². The van der Waals surface area contributed by atoms with Crippen LogP contribution in [0.25, 0.3) is 10.8 Å². The first-order valence-corrected chi connectivity index (χ1v) is 22.5. The van der Waals surface area contributed by atoms with E-state index in [1.54, 1.807) is 0 Å². The van der Waals surface area contributed by atoms with E-state index in [2.05, 4.69) is 35.8 Å². The Bertz CT molecular complexity index is 3220. The first kappa shape index (κ1) is 48.1. The van der Waals surface area contributed by atoms with Gasteiger partial charge in [0.1, 0.15) is 57.3 Å². The standard InChI is InChI=1S/C37H32N8O18S3/c1-61-27-9-3-21(16-30(27)65(55,56)57)38-40-25-17-29(63-13-11-47)26(18-28(25)62-12-10-46)41-42-32-31(66(58,59)60)15-19-14-20(2-8-24(19)35(32)48)39-43-33-34(37(50)51)44-45(36(33)49)22-4-6-23(7-5-22)64(52,53)54/h2-9,14-18,33,46-48H,10-13H2,1H3,(H,50,51)(H,52,53,54)(H,55,56,57)(H,58,59,60). The van der Waals surface area contributed by atoms with Crippen LogP contribution in [-0.4, -0.2) is 117 Å². The Morgan fingerprint density at radius 2 is 1.27 bits per heavy atom. The molecule has 0 bridgehead atoms. The molecular formula is C37H32N8O18S3. The van der Waals surface area contributed by atoms with Crippen LogP contribution >= 0.6 is 0 Å². The van der Waals surface area contributed by atoms with Crippen LogP contribution in [0.2, 0.25) is 0 Å². The molecule has 0 saturated heterocycles. The number of carbonyl (C=O) groups is 2. The van der Waals surface area contributed by atoms with Crippen LogP contribution in [0.4, 0.5) is 34.1 Å². The summed E-state index contributed by atoms with van der Waals surface area (Å²) in [5.41, 5.74) is -2.20. The number of amides is 1. The van der Waals surface area contributed by atoms with Gasteiger partial charge in [-0.15, -0.1) is 15.3 Å². The van der Waals surface area contributed by atoms with Crippen molar-refractivity contribution in [1.29, 1.82) is 0 Å². The van der Waals surface area contributed by atoms with Crippen molar-refractivity contribution in [2.75, 3.05) is 38.5 Å².